The molecule has 1 aliphatic heterocycles. The average molecular weight is 427 g/mol. The number of rotatable bonds is 7. The molecule has 0 bridgehead atoms. The van der Waals surface area contributed by atoms with E-state index in [2.05, 4.69) is 5.32 Å². The van der Waals surface area contributed by atoms with Gasteiger partial charge in [-0.2, -0.15) is 0 Å². The lowest BCUT2D eigenvalue weighted by Crippen LogP contribution is -2.51. The Kier molecular flexibility index (Phi) is 6.61. The largest absolute Gasteiger partial charge is 0.490 e. The van der Waals surface area contributed by atoms with Crippen LogP contribution in [0.1, 0.15) is 12.5 Å². The number of barbiturate groups is 1. The van der Waals surface area contributed by atoms with Gasteiger partial charge in [-0.1, -0.05) is 18.2 Å². The molecule has 0 radical (unpaired) electrons. The lowest BCUT2D eigenvalue weighted by atomic mass is 10.1. The second-order valence-corrected chi connectivity index (χ2v) is 6.25. The molecule has 9 nitrogen and oxygen atoms in total. The highest BCUT2D eigenvalue weighted by molar-refractivity contribution is 6.31. The summed E-state index contributed by atoms with van der Waals surface area (Å²) < 4.78 is 24.6. The average Bonchev–Trinajstić information content (AvgIpc) is 2.72. The van der Waals surface area contributed by atoms with Crippen molar-refractivity contribution >= 4 is 35.5 Å². The van der Waals surface area contributed by atoms with E-state index in [0.717, 1.165) is 0 Å². The van der Waals surface area contributed by atoms with Crippen LogP contribution in [0.15, 0.2) is 48.0 Å². The van der Waals surface area contributed by atoms with Crippen LogP contribution in [0.4, 0.5) is 14.9 Å². The Labute approximate surface area is 176 Å². The number of amides is 5. The van der Waals surface area contributed by atoms with Gasteiger partial charge in [0.25, 0.3) is 17.7 Å². The van der Waals surface area contributed by atoms with E-state index in [9.17, 15) is 23.6 Å². The van der Waals surface area contributed by atoms with E-state index in [4.69, 9.17) is 9.47 Å². The van der Waals surface area contributed by atoms with Gasteiger partial charge in [-0.25, -0.2) is 9.18 Å². The van der Waals surface area contributed by atoms with Crippen LogP contribution in [-0.2, 0) is 14.4 Å². The summed E-state index contributed by atoms with van der Waals surface area (Å²) in [5.74, 6) is -2.28. The van der Waals surface area contributed by atoms with Crippen molar-refractivity contribution in [1.29, 1.82) is 0 Å². The zero-order valence-corrected chi connectivity index (χ0v) is 16.4. The van der Waals surface area contributed by atoms with Gasteiger partial charge in [-0.3, -0.25) is 25.0 Å². The van der Waals surface area contributed by atoms with Crippen molar-refractivity contribution in [1.82, 2.24) is 10.6 Å². The number of nitrogens with one attached hydrogen (secondary N) is 3. The van der Waals surface area contributed by atoms with E-state index >= 15 is 0 Å². The summed E-state index contributed by atoms with van der Waals surface area (Å²) >= 11 is 0. The standard InChI is InChI=1S/C21H18FN3O6/c1-2-30-17-10-12(9-13-19(27)24-21(29)25-20(13)28)7-8-16(17)31-11-18(26)23-15-6-4-3-5-14(15)22/h3-10H,2,11H2,1H3,(H,23,26)(H2,24,25,27,28,29). The van der Waals surface area contributed by atoms with Crippen molar-refractivity contribution in [2.45, 2.75) is 6.92 Å². The normalized spacial score (nSPS) is 13.2. The Morgan fingerprint density at radius 3 is 2.42 bits per heavy atom. The van der Waals surface area contributed by atoms with Gasteiger partial charge in [0.05, 0.1) is 12.3 Å². The molecule has 0 spiro atoms. The molecular formula is C21H18FN3O6. The number of anilines is 1. The van der Waals surface area contributed by atoms with Gasteiger partial charge in [0.1, 0.15) is 11.4 Å². The molecule has 0 unspecified atom stereocenters. The van der Waals surface area contributed by atoms with Crippen molar-refractivity contribution in [3.8, 4) is 11.5 Å². The molecule has 2 aromatic carbocycles. The minimum absolute atomic E-state index is 0.0330. The number of hydrogen-bond acceptors (Lipinski definition) is 6. The molecule has 1 aliphatic rings. The van der Waals surface area contributed by atoms with Gasteiger partial charge < -0.3 is 14.8 Å². The molecule has 0 aliphatic carbocycles. The predicted octanol–water partition coefficient (Wildman–Crippen LogP) is 1.99. The zero-order valence-electron chi connectivity index (χ0n) is 16.4. The quantitative estimate of drug-likeness (QED) is 0.459. The molecule has 2 aromatic rings. The first-order valence-electron chi connectivity index (χ1n) is 9.19. The molecule has 5 amide bonds. The second kappa shape index (κ2) is 9.53. The number of carbonyl (C=O) groups is 4. The number of halogens is 1. The maximum Gasteiger partial charge on any atom is 0.328 e. The Bertz CT molecular complexity index is 1060. The van der Waals surface area contributed by atoms with Crippen molar-refractivity contribution in [3.63, 3.8) is 0 Å². The summed E-state index contributed by atoms with van der Waals surface area (Å²) in [5.41, 5.74) is 0.215. The van der Waals surface area contributed by atoms with Crippen molar-refractivity contribution in [2.24, 2.45) is 0 Å². The molecule has 1 fully saturated rings. The lowest BCUT2D eigenvalue weighted by Gasteiger charge is -2.15. The number of hydrogen-bond donors (Lipinski definition) is 3. The van der Waals surface area contributed by atoms with Crippen molar-refractivity contribution in [2.75, 3.05) is 18.5 Å². The molecule has 10 heteroatoms. The van der Waals surface area contributed by atoms with Crippen LogP contribution < -0.4 is 25.4 Å². The third-order valence-electron chi connectivity index (χ3n) is 4.03. The highest BCUT2D eigenvalue weighted by Crippen LogP contribution is 2.29. The molecule has 1 saturated heterocycles. The predicted molar refractivity (Wildman–Crippen MR) is 108 cm³/mol. The van der Waals surface area contributed by atoms with Crippen LogP contribution in [0.5, 0.6) is 11.5 Å². The number of carbonyl (C=O) groups excluding carboxylic acids is 4. The number of benzene rings is 2. The fourth-order valence-corrected chi connectivity index (χ4v) is 2.67. The highest BCUT2D eigenvalue weighted by Gasteiger charge is 2.27. The van der Waals surface area contributed by atoms with Gasteiger partial charge >= 0.3 is 6.03 Å². The SMILES string of the molecule is CCOc1cc(C=C2C(=O)NC(=O)NC2=O)ccc1OCC(=O)Nc1ccccc1F. The summed E-state index contributed by atoms with van der Waals surface area (Å²) in [6, 6.07) is 9.39. The molecule has 160 valence electrons. The minimum atomic E-state index is -0.889. The smallest absolute Gasteiger partial charge is 0.328 e. The topological polar surface area (TPSA) is 123 Å². The highest BCUT2D eigenvalue weighted by atomic mass is 19.1. The third kappa shape index (κ3) is 5.44. The van der Waals surface area contributed by atoms with Gasteiger partial charge in [-0.15, -0.1) is 0 Å². The molecule has 1 heterocycles. The fraction of sp³-hybridized carbons (Fsp3) is 0.143. The van der Waals surface area contributed by atoms with E-state index in [0.29, 0.717) is 5.56 Å². The number of urea groups is 1. The van der Waals surface area contributed by atoms with Crippen LogP contribution in [0, 0.1) is 5.82 Å². The molecular weight excluding hydrogens is 409 g/mol. The molecule has 0 aromatic heterocycles. The Morgan fingerprint density at radius 2 is 1.74 bits per heavy atom. The number of ether oxygens (including phenoxy) is 2. The number of imide groups is 2. The summed E-state index contributed by atoms with van der Waals surface area (Å²) in [4.78, 5) is 46.9. The molecule has 3 rings (SSSR count). The second-order valence-electron chi connectivity index (χ2n) is 6.25. The van der Waals surface area contributed by atoms with Crippen molar-refractivity contribution < 1.29 is 33.0 Å². The maximum atomic E-state index is 13.6. The minimum Gasteiger partial charge on any atom is -0.490 e. The Morgan fingerprint density at radius 1 is 1.03 bits per heavy atom. The van der Waals surface area contributed by atoms with Gasteiger partial charge in [0, 0.05) is 0 Å². The fourth-order valence-electron chi connectivity index (χ4n) is 2.67. The first-order valence-corrected chi connectivity index (χ1v) is 9.19. The Balaban J connectivity index is 1.73. The summed E-state index contributed by atoms with van der Waals surface area (Å²) in [5, 5.41) is 6.37. The van der Waals surface area contributed by atoms with E-state index in [1.54, 1.807) is 13.0 Å². The lowest BCUT2D eigenvalue weighted by molar-refractivity contribution is -0.124. The third-order valence-corrected chi connectivity index (χ3v) is 4.03. The first kappa shape index (κ1) is 21.5. The molecule has 3 N–H and O–H groups in total. The Hall–Kier alpha value is -4.21. The van der Waals surface area contributed by atoms with Crippen LogP contribution in [0.25, 0.3) is 6.08 Å². The molecule has 0 saturated carbocycles. The van der Waals surface area contributed by atoms with Crippen LogP contribution in [0.2, 0.25) is 0 Å². The first-order chi connectivity index (χ1) is 14.9. The zero-order chi connectivity index (χ0) is 22.4. The monoisotopic (exact) mass is 427 g/mol. The van der Waals surface area contributed by atoms with Crippen molar-refractivity contribution in [3.05, 3.63) is 59.4 Å². The van der Waals surface area contributed by atoms with Crippen LogP contribution in [-0.4, -0.2) is 37.0 Å². The summed E-state index contributed by atoms with van der Waals surface area (Å²) in [7, 11) is 0. The van der Waals surface area contributed by atoms with E-state index in [1.165, 1.54) is 42.5 Å². The van der Waals surface area contributed by atoms with E-state index < -0.39 is 36.2 Å². The van der Waals surface area contributed by atoms with Crippen LogP contribution >= 0.6 is 0 Å². The van der Waals surface area contributed by atoms with E-state index in [1.807, 2.05) is 10.6 Å². The molecule has 0 atom stereocenters. The maximum absolute atomic E-state index is 13.6. The molecule has 31 heavy (non-hydrogen) atoms. The summed E-state index contributed by atoms with van der Waals surface area (Å²) in [6.07, 6.45) is 1.29. The van der Waals surface area contributed by atoms with E-state index in [-0.39, 0.29) is 29.4 Å². The van der Waals surface area contributed by atoms with Gasteiger partial charge in [0.2, 0.25) is 0 Å². The van der Waals surface area contributed by atoms with Gasteiger partial charge in [0.15, 0.2) is 18.1 Å². The van der Waals surface area contributed by atoms with Gasteiger partial charge in [-0.05, 0) is 42.8 Å². The number of para-hydroxylation sites is 1. The van der Waals surface area contributed by atoms with Crippen LogP contribution in [0.3, 0.4) is 0 Å². The summed E-state index contributed by atoms with van der Waals surface area (Å²) in [6.45, 7) is 1.63.